The molecule has 0 spiro atoms. The molecule has 122 valence electrons. The largest absolute Gasteiger partial charge is 0.271 e. The first kappa shape index (κ1) is 16.0. The Morgan fingerprint density at radius 2 is 1.96 bits per heavy atom. The Morgan fingerprint density at radius 3 is 2.76 bits per heavy atom. The maximum atomic E-state index is 12.0. The van der Waals surface area contributed by atoms with E-state index in [0.29, 0.717) is 17.0 Å². The molecule has 0 aliphatic heterocycles. The van der Waals surface area contributed by atoms with Gasteiger partial charge in [0.2, 0.25) is 0 Å². The Kier molecular flexibility index (Phi) is 4.87. The summed E-state index contributed by atoms with van der Waals surface area (Å²) in [5.74, 6) is -0.0329. The van der Waals surface area contributed by atoms with E-state index in [2.05, 4.69) is 32.1 Å². The SMILES string of the molecule is N#Cc1ccccc1-c1nnnn1CC(=O)N/N=C\c1ccccc1. The average Bonchev–Trinajstić information content (AvgIpc) is 3.10. The molecule has 0 bridgehead atoms. The summed E-state index contributed by atoms with van der Waals surface area (Å²) in [5.41, 5.74) is 4.29. The molecule has 0 aliphatic carbocycles. The lowest BCUT2D eigenvalue weighted by Crippen LogP contribution is -2.24. The zero-order valence-corrected chi connectivity index (χ0v) is 13.1. The molecule has 0 saturated carbocycles. The molecular weight excluding hydrogens is 318 g/mol. The standard InChI is InChI=1S/C17H13N7O/c18-10-14-8-4-5-9-15(14)17-21-22-23-24(17)12-16(25)20-19-11-13-6-2-1-3-7-13/h1-9,11H,12H2,(H,20,25)/b19-11-. The van der Waals surface area contributed by atoms with Crippen LogP contribution in [-0.2, 0) is 11.3 Å². The molecule has 2 aromatic carbocycles. The van der Waals surface area contributed by atoms with Crippen molar-refractivity contribution in [3.8, 4) is 17.5 Å². The summed E-state index contributed by atoms with van der Waals surface area (Å²) in [7, 11) is 0. The summed E-state index contributed by atoms with van der Waals surface area (Å²) < 4.78 is 1.32. The highest BCUT2D eigenvalue weighted by Gasteiger charge is 2.14. The number of aromatic nitrogens is 4. The quantitative estimate of drug-likeness (QED) is 0.561. The summed E-state index contributed by atoms with van der Waals surface area (Å²) in [6, 6.07) is 18.4. The number of carbonyl (C=O) groups is 1. The predicted molar refractivity (Wildman–Crippen MR) is 90.1 cm³/mol. The molecule has 1 N–H and O–H groups in total. The van der Waals surface area contributed by atoms with Crippen LogP contribution >= 0.6 is 0 Å². The van der Waals surface area contributed by atoms with Crippen LogP contribution in [0, 0.1) is 11.3 Å². The molecule has 8 heteroatoms. The van der Waals surface area contributed by atoms with Crippen LogP contribution in [0.15, 0.2) is 59.7 Å². The van der Waals surface area contributed by atoms with Crippen LogP contribution in [0.1, 0.15) is 11.1 Å². The molecule has 0 fully saturated rings. The summed E-state index contributed by atoms with van der Waals surface area (Å²) in [6.07, 6.45) is 1.55. The molecule has 1 amide bonds. The molecule has 0 aliphatic rings. The number of hydrogen-bond donors (Lipinski definition) is 1. The normalized spacial score (nSPS) is 10.5. The summed E-state index contributed by atoms with van der Waals surface area (Å²) >= 11 is 0. The lowest BCUT2D eigenvalue weighted by Gasteiger charge is -2.05. The maximum absolute atomic E-state index is 12.0. The van der Waals surface area contributed by atoms with E-state index in [-0.39, 0.29) is 12.5 Å². The van der Waals surface area contributed by atoms with Crippen LogP contribution in [0.4, 0.5) is 0 Å². The van der Waals surface area contributed by atoms with Gasteiger partial charge in [-0.1, -0.05) is 42.5 Å². The molecule has 1 aromatic heterocycles. The summed E-state index contributed by atoms with van der Waals surface area (Å²) in [4.78, 5) is 12.0. The molecule has 0 atom stereocenters. The highest BCUT2D eigenvalue weighted by atomic mass is 16.2. The van der Waals surface area contributed by atoms with Crippen molar-refractivity contribution in [2.45, 2.75) is 6.54 Å². The van der Waals surface area contributed by atoms with Gasteiger partial charge in [-0.15, -0.1) is 5.10 Å². The minimum Gasteiger partial charge on any atom is -0.271 e. The highest BCUT2D eigenvalue weighted by Crippen LogP contribution is 2.19. The number of nitrogens with one attached hydrogen (secondary N) is 1. The van der Waals surface area contributed by atoms with E-state index in [1.807, 2.05) is 30.3 Å². The molecule has 3 rings (SSSR count). The van der Waals surface area contributed by atoms with Gasteiger partial charge >= 0.3 is 0 Å². The van der Waals surface area contributed by atoms with Crippen molar-refractivity contribution in [1.29, 1.82) is 5.26 Å². The summed E-state index contributed by atoms with van der Waals surface area (Å²) in [6.45, 7) is -0.117. The number of nitriles is 1. The van der Waals surface area contributed by atoms with Gasteiger partial charge in [0.25, 0.3) is 5.91 Å². The third-order valence-electron chi connectivity index (χ3n) is 3.32. The summed E-state index contributed by atoms with van der Waals surface area (Å²) in [5, 5.41) is 24.4. The molecule has 8 nitrogen and oxygen atoms in total. The van der Waals surface area contributed by atoms with E-state index in [1.54, 1.807) is 30.5 Å². The molecule has 0 unspecified atom stereocenters. The van der Waals surface area contributed by atoms with Crippen LogP contribution in [0.25, 0.3) is 11.4 Å². The maximum Gasteiger partial charge on any atom is 0.261 e. The van der Waals surface area contributed by atoms with Gasteiger partial charge in [-0.2, -0.15) is 10.4 Å². The predicted octanol–water partition coefficient (Wildman–Crippen LogP) is 1.36. The third kappa shape index (κ3) is 3.92. The number of tetrazole rings is 1. The lowest BCUT2D eigenvalue weighted by atomic mass is 10.1. The van der Waals surface area contributed by atoms with E-state index in [0.717, 1.165) is 5.56 Å². The van der Waals surface area contributed by atoms with Crippen LogP contribution in [-0.4, -0.2) is 32.3 Å². The number of hydrazone groups is 1. The molecule has 3 aromatic rings. The second-order valence-electron chi connectivity index (χ2n) is 5.02. The second-order valence-corrected chi connectivity index (χ2v) is 5.02. The fourth-order valence-electron chi connectivity index (χ4n) is 2.17. The van der Waals surface area contributed by atoms with E-state index < -0.39 is 0 Å². The number of nitrogens with zero attached hydrogens (tertiary/aromatic N) is 6. The van der Waals surface area contributed by atoms with Crippen molar-refractivity contribution in [2.24, 2.45) is 5.10 Å². The number of rotatable bonds is 5. The Hall–Kier alpha value is -3.86. The smallest absolute Gasteiger partial charge is 0.261 e. The first-order valence-corrected chi connectivity index (χ1v) is 7.40. The Morgan fingerprint density at radius 1 is 1.20 bits per heavy atom. The third-order valence-corrected chi connectivity index (χ3v) is 3.32. The van der Waals surface area contributed by atoms with Gasteiger partial charge in [0.05, 0.1) is 17.8 Å². The van der Waals surface area contributed by atoms with E-state index in [1.165, 1.54) is 4.68 Å². The van der Waals surface area contributed by atoms with Gasteiger partial charge in [0.1, 0.15) is 6.54 Å². The van der Waals surface area contributed by atoms with Crippen molar-refractivity contribution in [1.82, 2.24) is 25.6 Å². The number of carbonyl (C=O) groups excluding carboxylic acids is 1. The monoisotopic (exact) mass is 331 g/mol. The zero-order chi connectivity index (χ0) is 17.5. The second kappa shape index (κ2) is 7.61. The fraction of sp³-hybridized carbons (Fsp3) is 0.0588. The van der Waals surface area contributed by atoms with E-state index >= 15 is 0 Å². The number of hydrogen-bond acceptors (Lipinski definition) is 6. The first-order chi connectivity index (χ1) is 12.3. The van der Waals surface area contributed by atoms with Crippen molar-refractivity contribution in [2.75, 3.05) is 0 Å². The van der Waals surface area contributed by atoms with E-state index in [9.17, 15) is 10.1 Å². The van der Waals surface area contributed by atoms with Gasteiger partial charge in [-0.25, -0.2) is 10.1 Å². The van der Waals surface area contributed by atoms with Crippen molar-refractivity contribution in [3.63, 3.8) is 0 Å². The molecular formula is C17H13N7O. The Bertz CT molecular complexity index is 941. The lowest BCUT2D eigenvalue weighted by molar-refractivity contribution is -0.121. The average molecular weight is 331 g/mol. The minimum atomic E-state index is -0.379. The highest BCUT2D eigenvalue weighted by molar-refractivity contribution is 5.82. The number of amides is 1. The van der Waals surface area contributed by atoms with Gasteiger partial charge in [0.15, 0.2) is 5.82 Å². The molecule has 0 saturated heterocycles. The van der Waals surface area contributed by atoms with Crippen LogP contribution in [0.3, 0.4) is 0 Å². The zero-order valence-electron chi connectivity index (χ0n) is 13.1. The van der Waals surface area contributed by atoms with Crippen LogP contribution in [0.5, 0.6) is 0 Å². The minimum absolute atomic E-state index is 0.117. The van der Waals surface area contributed by atoms with Crippen molar-refractivity contribution < 1.29 is 4.79 Å². The fourth-order valence-corrected chi connectivity index (χ4v) is 2.17. The van der Waals surface area contributed by atoms with Gasteiger partial charge in [0, 0.05) is 5.56 Å². The van der Waals surface area contributed by atoms with Crippen LogP contribution < -0.4 is 5.43 Å². The number of benzene rings is 2. The molecule has 25 heavy (non-hydrogen) atoms. The van der Waals surface area contributed by atoms with Gasteiger partial charge in [-0.3, -0.25) is 4.79 Å². The molecule has 0 radical (unpaired) electrons. The van der Waals surface area contributed by atoms with Gasteiger partial charge < -0.3 is 0 Å². The van der Waals surface area contributed by atoms with Crippen molar-refractivity contribution >= 4 is 12.1 Å². The Labute approximate surface area is 143 Å². The Balaban J connectivity index is 1.70. The van der Waals surface area contributed by atoms with E-state index in [4.69, 9.17) is 0 Å². The van der Waals surface area contributed by atoms with Crippen LogP contribution in [0.2, 0.25) is 0 Å². The van der Waals surface area contributed by atoms with Crippen molar-refractivity contribution in [3.05, 3.63) is 65.7 Å². The molecule has 1 heterocycles. The van der Waals surface area contributed by atoms with Gasteiger partial charge in [-0.05, 0) is 28.1 Å². The topological polar surface area (TPSA) is 109 Å². The first-order valence-electron chi connectivity index (χ1n) is 7.40.